The summed E-state index contributed by atoms with van der Waals surface area (Å²) in [4.78, 5) is 35.4. The number of piperazine rings is 1. The molecule has 0 unspecified atom stereocenters. The molecule has 0 saturated carbocycles. The van der Waals surface area contributed by atoms with E-state index in [1.54, 1.807) is 9.80 Å². The normalized spacial score (nSPS) is 14.9. The molecule has 0 aromatic rings. The van der Waals surface area contributed by atoms with Gasteiger partial charge in [0.05, 0.1) is 6.54 Å². The minimum atomic E-state index is -0.833. The second kappa shape index (κ2) is 8.46. The third-order valence-corrected chi connectivity index (χ3v) is 2.46. The zero-order valence-electron chi connectivity index (χ0n) is 13.1. The van der Waals surface area contributed by atoms with E-state index in [1.807, 2.05) is 20.8 Å². The van der Waals surface area contributed by atoms with Crippen LogP contribution in [0.3, 0.4) is 0 Å². The van der Waals surface area contributed by atoms with E-state index < -0.39 is 11.6 Å². The maximum atomic E-state index is 11.7. The summed E-state index contributed by atoms with van der Waals surface area (Å²) in [5.74, 6) is -0.908. The summed E-state index contributed by atoms with van der Waals surface area (Å²) in [7, 11) is 0. The van der Waals surface area contributed by atoms with E-state index in [0.29, 0.717) is 26.2 Å². The lowest BCUT2D eigenvalue weighted by atomic mass is 10.2. The van der Waals surface area contributed by atoms with Gasteiger partial charge >= 0.3 is 6.09 Å². The predicted octanol–water partition coefficient (Wildman–Crippen LogP) is 0.115. The largest absolute Gasteiger partial charge is 0.481 e. The molecule has 1 heterocycles. The van der Waals surface area contributed by atoms with Crippen LogP contribution in [-0.2, 0) is 14.3 Å². The van der Waals surface area contributed by atoms with E-state index in [9.17, 15) is 9.59 Å². The maximum Gasteiger partial charge on any atom is 0.410 e. The number of carboxylic acids is 1. The summed E-state index contributed by atoms with van der Waals surface area (Å²) < 4.78 is 5.26. The van der Waals surface area contributed by atoms with Crippen LogP contribution in [0.1, 0.15) is 27.7 Å². The van der Waals surface area contributed by atoms with Crippen molar-refractivity contribution in [3.63, 3.8) is 0 Å². The van der Waals surface area contributed by atoms with E-state index in [0.717, 1.165) is 6.92 Å². The Kier molecular flexibility index (Phi) is 7.72. The van der Waals surface area contributed by atoms with Crippen LogP contribution in [0, 0.1) is 0 Å². The minimum absolute atomic E-state index is 0.0203. The van der Waals surface area contributed by atoms with Crippen LogP contribution in [0.2, 0.25) is 0 Å². The zero-order chi connectivity index (χ0) is 16.6. The van der Waals surface area contributed by atoms with Crippen LogP contribution >= 0.6 is 0 Å². The monoisotopic (exact) mass is 303 g/mol. The fourth-order valence-corrected chi connectivity index (χ4v) is 1.59. The van der Waals surface area contributed by atoms with Crippen LogP contribution in [0.4, 0.5) is 4.79 Å². The fraction of sp³-hybridized carbons (Fsp3) is 0.769. The molecule has 0 aliphatic carbocycles. The molecule has 0 atom stereocenters. The molecular weight excluding hydrogens is 278 g/mol. The van der Waals surface area contributed by atoms with Crippen LogP contribution in [-0.4, -0.2) is 71.2 Å². The highest BCUT2D eigenvalue weighted by atomic mass is 16.6. The van der Waals surface area contributed by atoms with Crippen molar-refractivity contribution < 1.29 is 24.2 Å². The van der Waals surface area contributed by atoms with E-state index in [4.69, 9.17) is 20.4 Å². The summed E-state index contributed by atoms with van der Waals surface area (Å²) in [6, 6.07) is 0. The van der Waals surface area contributed by atoms with Gasteiger partial charge in [-0.05, 0) is 20.8 Å². The van der Waals surface area contributed by atoms with Gasteiger partial charge in [0.1, 0.15) is 5.60 Å². The zero-order valence-corrected chi connectivity index (χ0v) is 13.1. The number of nitrogens with zero attached hydrogens (tertiary/aromatic N) is 2. The molecule has 1 rings (SSSR count). The van der Waals surface area contributed by atoms with Gasteiger partial charge in [0.15, 0.2) is 0 Å². The first-order chi connectivity index (χ1) is 9.56. The maximum absolute atomic E-state index is 11.7. The van der Waals surface area contributed by atoms with Crippen molar-refractivity contribution in [1.82, 2.24) is 9.80 Å². The Bertz CT molecular complexity index is 366. The second-order valence-corrected chi connectivity index (χ2v) is 5.57. The van der Waals surface area contributed by atoms with Crippen LogP contribution in [0.25, 0.3) is 0 Å². The smallest absolute Gasteiger partial charge is 0.410 e. The molecular formula is C13H25N3O5. The molecule has 3 N–H and O–H groups in total. The first-order valence-corrected chi connectivity index (χ1v) is 6.72. The lowest BCUT2D eigenvalue weighted by Crippen LogP contribution is -2.52. The summed E-state index contributed by atoms with van der Waals surface area (Å²) >= 11 is 0. The molecule has 0 radical (unpaired) electrons. The molecule has 0 spiro atoms. The molecule has 8 heteroatoms. The highest BCUT2D eigenvalue weighted by molar-refractivity contribution is 5.78. The Labute approximate surface area is 124 Å². The van der Waals surface area contributed by atoms with Gasteiger partial charge in [0.2, 0.25) is 5.91 Å². The van der Waals surface area contributed by atoms with Gasteiger partial charge in [0.25, 0.3) is 5.97 Å². The summed E-state index contributed by atoms with van der Waals surface area (Å²) in [6.45, 7) is 8.65. The molecule has 1 aliphatic rings. The Morgan fingerprint density at radius 1 is 1.10 bits per heavy atom. The number of amides is 2. The Morgan fingerprint density at radius 2 is 1.48 bits per heavy atom. The third-order valence-electron chi connectivity index (χ3n) is 2.46. The van der Waals surface area contributed by atoms with Crippen molar-refractivity contribution in [1.29, 1.82) is 0 Å². The number of aliphatic carboxylic acids is 1. The van der Waals surface area contributed by atoms with Gasteiger partial charge in [-0.2, -0.15) is 0 Å². The Hall–Kier alpha value is -1.83. The Morgan fingerprint density at radius 3 is 1.81 bits per heavy atom. The molecule has 8 nitrogen and oxygen atoms in total. The van der Waals surface area contributed by atoms with Crippen molar-refractivity contribution in [3.05, 3.63) is 0 Å². The number of carboxylic acid groups (broad SMARTS) is 1. The SMILES string of the molecule is CC(=O)O.CC(C)(C)OC(=O)N1CCN(C(=O)CN)CC1. The van der Waals surface area contributed by atoms with Gasteiger partial charge in [-0.3, -0.25) is 9.59 Å². The van der Waals surface area contributed by atoms with E-state index in [-0.39, 0.29) is 18.5 Å². The van der Waals surface area contributed by atoms with Crippen molar-refractivity contribution in [2.24, 2.45) is 5.73 Å². The second-order valence-electron chi connectivity index (χ2n) is 5.57. The number of nitrogens with two attached hydrogens (primary N) is 1. The van der Waals surface area contributed by atoms with Crippen molar-refractivity contribution in [2.45, 2.75) is 33.3 Å². The van der Waals surface area contributed by atoms with E-state index in [1.165, 1.54) is 0 Å². The highest BCUT2D eigenvalue weighted by Gasteiger charge is 2.26. The average Bonchev–Trinajstić information content (AvgIpc) is 2.35. The van der Waals surface area contributed by atoms with Crippen molar-refractivity contribution in [3.8, 4) is 0 Å². The number of carbonyl (C=O) groups is 3. The molecule has 1 saturated heterocycles. The molecule has 0 bridgehead atoms. The average molecular weight is 303 g/mol. The van der Waals surface area contributed by atoms with Crippen molar-refractivity contribution in [2.75, 3.05) is 32.7 Å². The van der Waals surface area contributed by atoms with E-state index in [2.05, 4.69) is 0 Å². The number of hydrogen-bond acceptors (Lipinski definition) is 5. The standard InChI is InChI=1S/C11H21N3O3.C2H4O2/c1-11(2,3)17-10(16)14-6-4-13(5-7-14)9(15)8-12;1-2(3)4/h4-8,12H2,1-3H3;1H3,(H,3,4). The van der Waals surface area contributed by atoms with Gasteiger partial charge in [-0.15, -0.1) is 0 Å². The van der Waals surface area contributed by atoms with Gasteiger partial charge < -0.3 is 25.4 Å². The lowest BCUT2D eigenvalue weighted by molar-refractivity contribution is -0.134. The van der Waals surface area contributed by atoms with Crippen LogP contribution in [0.5, 0.6) is 0 Å². The van der Waals surface area contributed by atoms with Crippen LogP contribution < -0.4 is 5.73 Å². The van der Waals surface area contributed by atoms with Gasteiger partial charge in [0, 0.05) is 33.1 Å². The quantitative estimate of drug-likeness (QED) is 0.711. The molecule has 122 valence electrons. The van der Waals surface area contributed by atoms with Gasteiger partial charge in [-0.25, -0.2) is 4.79 Å². The molecule has 1 fully saturated rings. The lowest BCUT2D eigenvalue weighted by Gasteiger charge is -2.35. The topological polar surface area (TPSA) is 113 Å². The highest BCUT2D eigenvalue weighted by Crippen LogP contribution is 2.11. The third kappa shape index (κ3) is 8.85. The Balaban J connectivity index is 0.000000885. The first-order valence-electron chi connectivity index (χ1n) is 6.72. The van der Waals surface area contributed by atoms with Gasteiger partial charge in [-0.1, -0.05) is 0 Å². The number of carbonyl (C=O) groups excluding carboxylic acids is 2. The predicted molar refractivity (Wildman–Crippen MR) is 76.8 cm³/mol. The molecule has 0 aromatic heterocycles. The van der Waals surface area contributed by atoms with Crippen LogP contribution in [0.15, 0.2) is 0 Å². The van der Waals surface area contributed by atoms with Crippen molar-refractivity contribution >= 4 is 18.0 Å². The van der Waals surface area contributed by atoms with E-state index >= 15 is 0 Å². The molecule has 1 aliphatic heterocycles. The minimum Gasteiger partial charge on any atom is -0.481 e. The first kappa shape index (κ1) is 19.2. The number of hydrogen-bond donors (Lipinski definition) is 2. The summed E-state index contributed by atoms with van der Waals surface area (Å²) in [5.41, 5.74) is 4.80. The number of ether oxygens (including phenoxy) is 1. The molecule has 0 aromatic carbocycles. The molecule has 2 amide bonds. The number of rotatable bonds is 1. The summed E-state index contributed by atoms with van der Waals surface area (Å²) in [6.07, 6.45) is -0.322. The molecule has 21 heavy (non-hydrogen) atoms. The summed E-state index contributed by atoms with van der Waals surface area (Å²) in [5, 5.41) is 7.42. The fourth-order valence-electron chi connectivity index (χ4n) is 1.59.